The number of nitrogens with one attached hydrogen (secondary N) is 1. The Kier molecular flexibility index (Phi) is 7.34. The second-order valence-electron chi connectivity index (χ2n) is 9.28. The first-order chi connectivity index (χ1) is 19.0. The van der Waals surface area contributed by atoms with Crippen LogP contribution in [0.15, 0.2) is 70.6 Å². The van der Waals surface area contributed by atoms with E-state index in [0.29, 0.717) is 22.5 Å². The fourth-order valence-electron chi connectivity index (χ4n) is 4.86. The van der Waals surface area contributed by atoms with E-state index in [1.54, 1.807) is 47.3 Å². The number of anilines is 1. The van der Waals surface area contributed by atoms with Crippen LogP contribution in [0.4, 0.5) is 5.69 Å². The number of benzene rings is 1. The molecule has 0 amide bonds. The molecule has 5 aromatic rings. The summed E-state index contributed by atoms with van der Waals surface area (Å²) in [5.41, 5.74) is 2.31. The number of hydrogen-bond donors (Lipinski definition) is 1. The fraction of sp³-hybridized carbons (Fsp3) is 0.296. The molecule has 6 rings (SSSR count). The number of rotatable bonds is 9. The Balaban J connectivity index is 1.16. The second kappa shape index (κ2) is 11.0. The van der Waals surface area contributed by atoms with Gasteiger partial charge in [0.2, 0.25) is 0 Å². The molecule has 0 radical (unpaired) electrons. The number of aromatic nitrogens is 4. The van der Waals surface area contributed by atoms with Crippen LogP contribution in [-0.4, -0.2) is 59.0 Å². The van der Waals surface area contributed by atoms with E-state index < -0.39 is 10.0 Å². The van der Waals surface area contributed by atoms with Crippen LogP contribution in [0.1, 0.15) is 24.6 Å². The van der Waals surface area contributed by atoms with Crippen LogP contribution < -0.4 is 9.04 Å². The van der Waals surface area contributed by atoms with Gasteiger partial charge < -0.3 is 9.72 Å². The van der Waals surface area contributed by atoms with Crippen LogP contribution in [0.5, 0.6) is 6.01 Å². The number of aromatic amines is 1. The first-order valence-corrected chi connectivity index (χ1v) is 15.9. The number of fused-ring (bicyclic) bond motifs is 1. The van der Waals surface area contributed by atoms with Gasteiger partial charge in [0.1, 0.15) is 15.3 Å². The van der Waals surface area contributed by atoms with E-state index in [4.69, 9.17) is 9.72 Å². The number of piperidine rings is 1. The highest BCUT2D eigenvalue weighted by atomic mass is 32.2. The molecule has 0 unspecified atom stereocenters. The van der Waals surface area contributed by atoms with Crippen LogP contribution in [0.3, 0.4) is 0 Å². The number of nitrogens with zero attached hydrogens (tertiary/aromatic N) is 5. The Hall–Kier alpha value is -3.32. The van der Waals surface area contributed by atoms with Crippen molar-refractivity contribution in [1.29, 1.82) is 0 Å². The molecule has 0 bridgehead atoms. The summed E-state index contributed by atoms with van der Waals surface area (Å²) in [5.74, 6) is 0. The summed E-state index contributed by atoms with van der Waals surface area (Å²) in [7, 11) is -3.64. The molecule has 0 saturated carbocycles. The monoisotopic (exact) mass is 580 g/mol. The first kappa shape index (κ1) is 25.9. The van der Waals surface area contributed by atoms with Crippen molar-refractivity contribution in [2.45, 2.75) is 36.6 Å². The number of likely N-dealkylation sites (tertiary alicyclic amines) is 1. The van der Waals surface area contributed by atoms with E-state index in [-0.39, 0.29) is 6.10 Å². The largest absolute Gasteiger partial charge is 0.460 e. The van der Waals surface area contributed by atoms with Crippen molar-refractivity contribution in [2.24, 2.45) is 0 Å². The number of H-pyrrole nitrogens is 1. The summed E-state index contributed by atoms with van der Waals surface area (Å²) in [6, 6.07) is 13.4. The van der Waals surface area contributed by atoms with E-state index in [1.807, 2.05) is 37.4 Å². The lowest BCUT2D eigenvalue weighted by molar-refractivity contribution is 0.0897. The Labute approximate surface area is 235 Å². The maximum Gasteiger partial charge on any atom is 0.316 e. The van der Waals surface area contributed by atoms with Crippen LogP contribution in [0.25, 0.3) is 21.6 Å². The van der Waals surface area contributed by atoms with Gasteiger partial charge in [-0.2, -0.15) is 0 Å². The van der Waals surface area contributed by atoms with Crippen molar-refractivity contribution in [3.05, 3.63) is 71.3 Å². The zero-order valence-corrected chi connectivity index (χ0v) is 23.8. The van der Waals surface area contributed by atoms with Gasteiger partial charge in [0.25, 0.3) is 10.0 Å². The smallest absolute Gasteiger partial charge is 0.316 e. The third-order valence-corrected chi connectivity index (χ3v) is 11.0. The van der Waals surface area contributed by atoms with E-state index in [1.165, 1.54) is 20.5 Å². The predicted molar refractivity (Wildman–Crippen MR) is 155 cm³/mol. The molecule has 0 spiro atoms. The Morgan fingerprint density at radius 3 is 2.67 bits per heavy atom. The highest BCUT2D eigenvalue weighted by molar-refractivity contribution is 7.94. The molecule has 12 heteroatoms. The van der Waals surface area contributed by atoms with E-state index in [2.05, 4.69) is 19.9 Å². The minimum Gasteiger partial charge on any atom is -0.460 e. The summed E-state index contributed by atoms with van der Waals surface area (Å²) >= 11 is 2.88. The van der Waals surface area contributed by atoms with Crippen molar-refractivity contribution in [3.8, 4) is 16.7 Å². The number of ether oxygens (including phenoxy) is 1. The average Bonchev–Trinajstić information content (AvgIpc) is 3.72. The molecule has 1 fully saturated rings. The van der Waals surface area contributed by atoms with Gasteiger partial charge in [-0.25, -0.2) is 23.4 Å². The van der Waals surface area contributed by atoms with Gasteiger partial charge in [0.15, 0.2) is 0 Å². The van der Waals surface area contributed by atoms with Crippen LogP contribution >= 0.6 is 22.7 Å². The van der Waals surface area contributed by atoms with Crippen molar-refractivity contribution in [3.63, 3.8) is 0 Å². The molecule has 5 heterocycles. The molecular formula is C27H28N6O3S3. The van der Waals surface area contributed by atoms with Gasteiger partial charge in [0.05, 0.1) is 16.9 Å². The van der Waals surface area contributed by atoms with Gasteiger partial charge in [-0.05, 0) is 49.4 Å². The molecule has 1 aliphatic rings. The predicted octanol–water partition coefficient (Wildman–Crippen LogP) is 5.40. The summed E-state index contributed by atoms with van der Waals surface area (Å²) in [6.45, 7) is 4.89. The van der Waals surface area contributed by atoms with E-state index in [0.717, 1.165) is 54.1 Å². The summed E-state index contributed by atoms with van der Waals surface area (Å²) in [6.07, 6.45) is 7.31. The van der Waals surface area contributed by atoms with E-state index in [9.17, 15) is 8.42 Å². The van der Waals surface area contributed by atoms with Gasteiger partial charge >= 0.3 is 6.01 Å². The number of hydrogen-bond acceptors (Lipinski definition) is 9. The van der Waals surface area contributed by atoms with Gasteiger partial charge in [-0.1, -0.05) is 18.2 Å². The number of sulfonamides is 1. The number of thiophene rings is 1. The molecule has 1 N–H and O–H groups in total. The molecule has 9 nitrogen and oxygen atoms in total. The maximum absolute atomic E-state index is 13.3. The van der Waals surface area contributed by atoms with E-state index >= 15 is 0 Å². The van der Waals surface area contributed by atoms with Gasteiger partial charge in [-0.15, -0.1) is 22.7 Å². The summed E-state index contributed by atoms with van der Waals surface area (Å²) < 4.78 is 34.4. The first-order valence-electron chi connectivity index (χ1n) is 12.8. The average molecular weight is 581 g/mol. The van der Waals surface area contributed by atoms with Gasteiger partial charge in [0, 0.05) is 55.0 Å². The molecule has 0 atom stereocenters. The Morgan fingerprint density at radius 2 is 1.92 bits per heavy atom. The lowest BCUT2D eigenvalue weighted by Gasteiger charge is -2.31. The minimum atomic E-state index is -3.64. The van der Waals surface area contributed by atoms with Crippen molar-refractivity contribution in [1.82, 2.24) is 24.8 Å². The van der Waals surface area contributed by atoms with Crippen molar-refractivity contribution >= 4 is 49.3 Å². The van der Waals surface area contributed by atoms with Crippen molar-refractivity contribution < 1.29 is 13.2 Å². The minimum absolute atomic E-state index is 0.132. The molecule has 4 aromatic heterocycles. The quantitative estimate of drug-likeness (QED) is 0.249. The Bertz CT molecular complexity index is 1640. The standard InChI is InChI=1S/C27H28N6O3S3/c1-2-33(39(34,35)24-8-4-15-37-24)23-7-3-6-19-16-22(31-25(19)23)26-30-17-21(38-26)18-32-13-9-20(10-14-32)36-27-28-11-5-12-29-27/h3-8,11-12,15-17,20,31H,2,9-10,13-14,18H2,1H3. The molecule has 1 aromatic carbocycles. The maximum atomic E-state index is 13.3. The van der Waals surface area contributed by atoms with Crippen LogP contribution in [0.2, 0.25) is 0 Å². The second-order valence-corrected chi connectivity index (χ2v) is 13.4. The SMILES string of the molecule is CCN(c1cccc2cc(-c3ncc(CN4CCC(Oc5ncccn5)CC4)s3)[nH]c12)S(=O)(=O)c1cccs1. The molecule has 39 heavy (non-hydrogen) atoms. The Morgan fingerprint density at radius 1 is 1.10 bits per heavy atom. The zero-order valence-electron chi connectivity index (χ0n) is 21.4. The van der Waals surface area contributed by atoms with Crippen LogP contribution in [0, 0.1) is 0 Å². The molecule has 202 valence electrons. The molecule has 1 saturated heterocycles. The van der Waals surface area contributed by atoms with Crippen LogP contribution in [-0.2, 0) is 16.6 Å². The third-order valence-electron chi connectivity index (χ3n) is 6.74. The van der Waals surface area contributed by atoms with Gasteiger partial charge in [-0.3, -0.25) is 9.21 Å². The highest BCUT2D eigenvalue weighted by Gasteiger charge is 2.27. The summed E-state index contributed by atoms with van der Waals surface area (Å²) in [4.78, 5) is 20.1. The number of para-hydroxylation sites is 1. The normalized spacial score (nSPS) is 15.1. The third kappa shape index (κ3) is 5.42. The highest BCUT2D eigenvalue weighted by Crippen LogP contribution is 2.35. The summed E-state index contributed by atoms with van der Waals surface area (Å²) in [5, 5.41) is 3.61. The molecular weight excluding hydrogens is 553 g/mol. The zero-order chi connectivity index (χ0) is 26.8. The molecule has 1 aliphatic heterocycles. The topological polar surface area (TPSA) is 104 Å². The fourth-order valence-corrected chi connectivity index (χ4v) is 8.37. The lowest BCUT2D eigenvalue weighted by atomic mass is 10.1. The number of thiazole rings is 1. The van der Waals surface area contributed by atoms with Crippen molar-refractivity contribution in [2.75, 3.05) is 23.9 Å². The molecule has 0 aliphatic carbocycles. The lowest BCUT2D eigenvalue weighted by Crippen LogP contribution is -2.37.